The van der Waals surface area contributed by atoms with Crippen LogP contribution in [-0.4, -0.2) is 29.2 Å². The predicted molar refractivity (Wildman–Crippen MR) is 71.3 cm³/mol. The molecule has 4 nitrogen and oxygen atoms in total. The smallest absolute Gasteiger partial charge is 0.115 e. The summed E-state index contributed by atoms with van der Waals surface area (Å²) >= 11 is 0. The molecule has 4 heteroatoms. The van der Waals surface area contributed by atoms with Gasteiger partial charge >= 0.3 is 0 Å². The van der Waals surface area contributed by atoms with Crippen LogP contribution in [0, 0.1) is 0 Å². The van der Waals surface area contributed by atoms with Gasteiger partial charge in [0.2, 0.25) is 0 Å². The van der Waals surface area contributed by atoms with Gasteiger partial charge in [0, 0.05) is 24.6 Å². The van der Waals surface area contributed by atoms with Crippen molar-refractivity contribution in [1.82, 2.24) is 15.3 Å². The fourth-order valence-corrected chi connectivity index (χ4v) is 3.15. The predicted octanol–water partition coefficient (Wildman–Crippen LogP) is 2.48. The number of aromatic nitrogens is 2. The lowest BCUT2D eigenvalue weighted by Crippen LogP contribution is -2.46. The Morgan fingerprint density at radius 3 is 2.50 bits per heavy atom. The van der Waals surface area contributed by atoms with Gasteiger partial charge in [-0.1, -0.05) is 19.3 Å². The van der Waals surface area contributed by atoms with Gasteiger partial charge in [-0.15, -0.1) is 0 Å². The van der Waals surface area contributed by atoms with Crippen LogP contribution >= 0.6 is 0 Å². The van der Waals surface area contributed by atoms with Crippen LogP contribution in [0.4, 0.5) is 0 Å². The molecular formula is C14H23N3O. The Morgan fingerprint density at radius 1 is 1.28 bits per heavy atom. The van der Waals surface area contributed by atoms with E-state index in [1.165, 1.54) is 19.3 Å². The van der Waals surface area contributed by atoms with Crippen molar-refractivity contribution in [3.05, 3.63) is 24.3 Å². The molecule has 0 aliphatic heterocycles. The molecule has 1 atom stereocenters. The number of hydrogen-bond donors (Lipinski definition) is 1. The topological polar surface area (TPSA) is 47.0 Å². The summed E-state index contributed by atoms with van der Waals surface area (Å²) in [6, 6.07) is 0.180. The van der Waals surface area contributed by atoms with E-state index in [0.29, 0.717) is 0 Å². The molecule has 1 aliphatic rings. The molecule has 0 radical (unpaired) electrons. The zero-order chi connectivity index (χ0) is 12.8. The molecule has 1 aromatic heterocycles. The Hall–Kier alpha value is -1.00. The fourth-order valence-electron chi connectivity index (χ4n) is 3.15. The Labute approximate surface area is 109 Å². The van der Waals surface area contributed by atoms with Gasteiger partial charge in [0.25, 0.3) is 0 Å². The van der Waals surface area contributed by atoms with Crippen LogP contribution in [-0.2, 0) is 4.74 Å². The molecule has 1 N–H and O–H groups in total. The third kappa shape index (κ3) is 2.70. The van der Waals surface area contributed by atoms with Gasteiger partial charge in [-0.2, -0.15) is 0 Å². The standard InChI is InChI=1S/C14H23N3O/c1-3-18-14(7-5-4-6-8-14)13(15-2)12-9-16-11-17-10-12/h9-11,13,15H,3-8H2,1-2H3. The number of hydrogen-bond acceptors (Lipinski definition) is 4. The molecule has 1 aliphatic carbocycles. The Bertz CT molecular complexity index is 344. The lowest BCUT2D eigenvalue weighted by molar-refractivity contribution is -0.0899. The minimum absolute atomic E-state index is 0.0908. The molecular weight excluding hydrogens is 226 g/mol. The van der Waals surface area contributed by atoms with E-state index in [1.54, 1.807) is 6.33 Å². The van der Waals surface area contributed by atoms with Crippen LogP contribution < -0.4 is 5.32 Å². The number of nitrogens with one attached hydrogen (secondary N) is 1. The molecule has 0 saturated heterocycles. The first kappa shape index (κ1) is 13.4. The quantitative estimate of drug-likeness (QED) is 0.871. The van der Waals surface area contributed by atoms with Crippen LogP contribution in [0.25, 0.3) is 0 Å². The van der Waals surface area contributed by atoms with Crippen LogP contribution in [0.5, 0.6) is 0 Å². The van der Waals surface area contributed by atoms with Crippen molar-refractivity contribution in [3.63, 3.8) is 0 Å². The van der Waals surface area contributed by atoms with Crippen LogP contribution in [0.1, 0.15) is 50.6 Å². The monoisotopic (exact) mass is 249 g/mol. The Morgan fingerprint density at radius 2 is 1.94 bits per heavy atom. The van der Waals surface area contributed by atoms with E-state index >= 15 is 0 Å². The zero-order valence-corrected chi connectivity index (χ0v) is 11.4. The van der Waals surface area contributed by atoms with Gasteiger partial charge in [0.1, 0.15) is 6.33 Å². The van der Waals surface area contributed by atoms with Crippen molar-refractivity contribution in [3.8, 4) is 0 Å². The maximum absolute atomic E-state index is 6.16. The van der Waals surface area contributed by atoms with Crippen molar-refractivity contribution in [1.29, 1.82) is 0 Å². The second-order valence-corrected chi connectivity index (χ2v) is 4.95. The SMILES string of the molecule is CCOC1(C(NC)c2cncnc2)CCCCC1. The fraction of sp³-hybridized carbons (Fsp3) is 0.714. The molecule has 0 bridgehead atoms. The molecule has 18 heavy (non-hydrogen) atoms. The average molecular weight is 249 g/mol. The second-order valence-electron chi connectivity index (χ2n) is 4.95. The number of nitrogens with zero attached hydrogens (tertiary/aromatic N) is 2. The van der Waals surface area contributed by atoms with Gasteiger partial charge in [-0.05, 0) is 26.8 Å². The van der Waals surface area contributed by atoms with E-state index in [1.807, 2.05) is 19.4 Å². The van der Waals surface area contributed by atoms with E-state index in [9.17, 15) is 0 Å². The molecule has 1 heterocycles. The minimum Gasteiger partial charge on any atom is -0.373 e. The third-order valence-corrected chi connectivity index (χ3v) is 3.86. The van der Waals surface area contributed by atoms with Crippen LogP contribution in [0.3, 0.4) is 0 Å². The summed E-state index contributed by atoms with van der Waals surface area (Å²) in [6.45, 7) is 2.83. The number of ether oxygens (including phenoxy) is 1. The molecule has 0 aromatic carbocycles. The minimum atomic E-state index is -0.0908. The number of rotatable bonds is 5. The van der Waals surface area contributed by atoms with Gasteiger partial charge < -0.3 is 10.1 Å². The summed E-state index contributed by atoms with van der Waals surface area (Å²) in [5.74, 6) is 0. The largest absolute Gasteiger partial charge is 0.373 e. The lowest BCUT2D eigenvalue weighted by Gasteiger charge is -2.43. The summed E-state index contributed by atoms with van der Waals surface area (Å²) in [5, 5.41) is 3.41. The summed E-state index contributed by atoms with van der Waals surface area (Å²) in [7, 11) is 1.99. The highest BCUT2D eigenvalue weighted by Crippen LogP contribution is 2.41. The van der Waals surface area contributed by atoms with E-state index in [4.69, 9.17) is 4.74 Å². The average Bonchev–Trinajstić information content (AvgIpc) is 2.42. The normalized spacial score (nSPS) is 20.6. The molecule has 100 valence electrons. The highest BCUT2D eigenvalue weighted by molar-refractivity contribution is 5.16. The highest BCUT2D eigenvalue weighted by Gasteiger charge is 2.40. The van der Waals surface area contributed by atoms with Gasteiger partial charge in [-0.3, -0.25) is 0 Å². The van der Waals surface area contributed by atoms with Crippen molar-refractivity contribution in [2.45, 2.75) is 50.7 Å². The van der Waals surface area contributed by atoms with E-state index in [2.05, 4.69) is 22.2 Å². The highest BCUT2D eigenvalue weighted by atomic mass is 16.5. The second kappa shape index (κ2) is 6.25. The zero-order valence-electron chi connectivity index (χ0n) is 11.4. The molecule has 1 unspecified atom stereocenters. The van der Waals surface area contributed by atoms with Gasteiger partial charge in [0.05, 0.1) is 11.6 Å². The Kier molecular flexibility index (Phi) is 4.66. The first-order chi connectivity index (χ1) is 8.82. The molecule has 2 rings (SSSR count). The molecule has 1 fully saturated rings. The van der Waals surface area contributed by atoms with Gasteiger partial charge in [-0.25, -0.2) is 9.97 Å². The summed E-state index contributed by atoms with van der Waals surface area (Å²) in [6.07, 6.45) is 11.4. The molecule has 1 saturated carbocycles. The summed E-state index contributed by atoms with van der Waals surface area (Å²) < 4.78 is 6.16. The number of likely N-dealkylation sites (N-methyl/N-ethyl adjacent to an activating group) is 1. The van der Waals surface area contributed by atoms with Crippen LogP contribution in [0.2, 0.25) is 0 Å². The van der Waals surface area contributed by atoms with Crippen molar-refractivity contribution in [2.24, 2.45) is 0 Å². The summed E-state index contributed by atoms with van der Waals surface area (Å²) in [5.41, 5.74) is 1.03. The van der Waals surface area contributed by atoms with E-state index in [-0.39, 0.29) is 11.6 Å². The van der Waals surface area contributed by atoms with Crippen LogP contribution in [0.15, 0.2) is 18.7 Å². The van der Waals surface area contributed by atoms with Crippen molar-refractivity contribution < 1.29 is 4.74 Å². The third-order valence-electron chi connectivity index (χ3n) is 3.86. The van der Waals surface area contributed by atoms with Gasteiger partial charge in [0.15, 0.2) is 0 Å². The maximum Gasteiger partial charge on any atom is 0.115 e. The summed E-state index contributed by atoms with van der Waals surface area (Å²) in [4.78, 5) is 8.27. The first-order valence-electron chi connectivity index (χ1n) is 6.88. The molecule has 0 amide bonds. The van der Waals surface area contributed by atoms with E-state index < -0.39 is 0 Å². The Balaban J connectivity index is 2.27. The van der Waals surface area contributed by atoms with Crippen molar-refractivity contribution in [2.75, 3.05) is 13.7 Å². The van der Waals surface area contributed by atoms with Crippen molar-refractivity contribution >= 4 is 0 Å². The first-order valence-corrected chi connectivity index (χ1v) is 6.88. The molecule has 1 aromatic rings. The molecule has 0 spiro atoms. The lowest BCUT2D eigenvalue weighted by atomic mass is 9.77. The van der Waals surface area contributed by atoms with E-state index in [0.717, 1.165) is 25.0 Å². The maximum atomic E-state index is 6.16.